The molecular formula is C13H25N. The largest absolute Gasteiger partial charge is 0.294 e. The maximum absolute atomic E-state index is 2.74. The molecular weight excluding hydrogens is 170 g/mol. The number of rotatable bonds is 0. The molecule has 1 saturated carbocycles. The third-order valence-electron chi connectivity index (χ3n) is 3.90. The van der Waals surface area contributed by atoms with Gasteiger partial charge < -0.3 is 0 Å². The molecule has 2 aliphatic rings. The normalized spacial score (nSPS) is 38.6. The van der Waals surface area contributed by atoms with Crippen molar-refractivity contribution in [3.05, 3.63) is 0 Å². The van der Waals surface area contributed by atoms with Crippen molar-refractivity contribution in [2.45, 2.75) is 59.5 Å². The minimum atomic E-state index is 0.353. The predicted molar refractivity (Wildman–Crippen MR) is 61.3 cm³/mol. The van der Waals surface area contributed by atoms with Gasteiger partial charge in [-0.05, 0) is 44.4 Å². The Balaban J connectivity index is 2.20. The van der Waals surface area contributed by atoms with Crippen molar-refractivity contribution in [2.24, 2.45) is 17.3 Å². The van der Waals surface area contributed by atoms with E-state index < -0.39 is 0 Å². The molecule has 1 heteroatoms. The lowest BCUT2D eigenvalue weighted by molar-refractivity contribution is 0.0375. The first-order valence-corrected chi connectivity index (χ1v) is 5.98. The van der Waals surface area contributed by atoms with E-state index in [1.165, 1.54) is 13.0 Å². The highest BCUT2D eigenvalue weighted by Gasteiger charge is 2.57. The average Bonchev–Trinajstić information content (AvgIpc) is 2.56. The lowest BCUT2D eigenvalue weighted by Crippen LogP contribution is -2.51. The zero-order valence-electron chi connectivity index (χ0n) is 10.6. The average molecular weight is 195 g/mol. The van der Waals surface area contributed by atoms with Crippen LogP contribution in [0.15, 0.2) is 0 Å². The van der Waals surface area contributed by atoms with Crippen molar-refractivity contribution in [3.8, 4) is 0 Å². The van der Waals surface area contributed by atoms with Gasteiger partial charge in [-0.15, -0.1) is 0 Å². The zero-order chi connectivity index (χ0) is 10.7. The van der Waals surface area contributed by atoms with E-state index in [9.17, 15) is 0 Å². The standard InChI is InChI=1S/C13H25N/c1-12(2,3)11-10-7-9(10)8-14(11)13(4,5)6/h9-11H,7-8H2,1-6H3/t9-,10-,11+/m1/s1. The van der Waals surface area contributed by atoms with Gasteiger partial charge in [-0.1, -0.05) is 20.8 Å². The molecule has 0 spiro atoms. The molecule has 0 unspecified atom stereocenters. The van der Waals surface area contributed by atoms with E-state index in [2.05, 4.69) is 46.4 Å². The third kappa shape index (κ3) is 1.60. The Kier molecular flexibility index (Phi) is 2.06. The van der Waals surface area contributed by atoms with Gasteiger partial charge in [0.05, 0.1) is 0 Å². The molecule has 0 aromatic heterocycles. The Hall–Kier alpha value is -0.0400. The molecule has 0 bridgehead atoms. The molecule has 82 valence electrons. The molecule has 0 N–H and O–H groups in total. The minimum absolute atomic E-state index is 0.353. The van der Waals surface area contributed by atoms with Crippen molar-refractivity contribution in [2.75, 3.05) is 6.54 Å². The molecule has 0 aromatic carbocycles. The van der Waals surface area contributed by atoms with Crippen LogP contribution in [0.1, 0.15) is 48.0 Å². The second-order valence-electron chi connectivity index (χ2n) is 7.29. The quantitative estimate of drug-likeness (QED) is 0.574. The Labute approximate surface area is 88.9 Å². The molecule has 2 fully saturated rings. The van der Waals surface area contributed by atoms with Crippen LogP contribution in [0, 0.1) is 17.3 Å². The first-order chi connectivity index (χ1) is 6.21. The number of nitrogens with zero attached hydrogens (tertiary/aromatic N) is 1. The topological polar surface area (TPSA) is 3.24 Å². The first kappa shape index (κ1) is 10.5. The maximum Gasteiger partial charge on any atom is 0.0180 e. The number of piperidine rings is 1. The van der Waals surface area contributed by atoms with Gasteiger partial charge in [0, 0.05) is 18.1 Å². The predicted octanol–water partition coefficient (Wildman–Crippen LogP) is 3.15. The molecule has 1 nitrogen and oxygen atoms in total. The van der Waals surface area contributed by atoms with E-state index in [0.717, 1.165) is 17.9 Å². The van der Waals surface area contributed by atoms with Crippen molar-refractivity contribution in [1.82, 2.24) is 4.90 Å². The van der Waals surface area contributed by atoms with Crippen LogP contribution in [0.5, 0.6) is 0 Å². The second kappa shape index (κ2) is 2.75. The van der Waals surface area contributed by atoms with Gasteiger partial charge in [0.2, 0.25) is 0 Å². The van der Waals surface area contributed by atoms with E-state index in [-0.39, 0.29) is 0 Å². The maximum atomic E-state index is 2.74. The fourth-order valence-electron chi connectivity index (χ4n) is 3.27. The van der Waals surface area contributed by atoms with Crippen molar-refractivity contribution in [3.63, 3.8) is 0 Å². The summed E-state index contributed by atoms with van der Waals surface area (Å²) in [6.07, 6.45) is 1.49. The van der Waals surface area contributed by atoms with Crippen LogP contribution in [0.25, 0.3) is 0 Å². The zero-order valence-corrected chi connectivity index (χ0v) is 10.6. The Morgan fingerprint density at radius 1 is 1.00 bits per heavy atom. The number of likely N-dealkylation sites (tertiary alicyclic amines) is 1. The fraction of sp³-hybridized carbons (Fsp3) is 1.00. The SMILES string of the molecule is CC(C)(C)[C@@H]1[C@@H]2C[C@@H]2CN1C(C)(C)C. The van der Waals surface area contributed by atoms with Gasteiger partial charge in [-0.25, -0.2) is 0 Å². The summed E-state index contributed by atoms with van der Waals surface area (Å²) >= 11 is 0. The molecule has 0 aromatic rings. The highest BCUT2D eigenvalue weighted by Crippen LogP contribution is 2.56. The Bertz CT molecular complexity index is 231. The molecule has 1 heterocycles. The van der Waals surface area contributed by atoms with Gasteiger partial charge in [0.1, 0.15) is 0 Å². The summed E-state index contributed by atoms with van der Waals surface area (Å²) in [6, 6.07) is 0.812. The van der Waals surface area contributed by atoms with Crippen molar-refractivity contribution in [1.29, 1.82) is 0 Å². The highest BCUT2D eigenvalue weighted by atomic mass is 15.3. The molecule has 0 amide bonds. The number of hydrogen-bond donors (Lipinski definition) is 0. The van der Waals surface area contributed by atoms with Crippen molar-refractivity contribution >= 4 is 0 Å². The molecule has 14 heavy (non-hydrogen) atoms. The van der Waals surface area contributed by atoms with Gasteiger partial charge >= 0.3 is 0 Å². The summed E-state index contributed by atoms with van der Waals surface area (Å²) in [5, 5.41) is 0. The summed E-state index contributed by atoms with van der Waals surface area (Å²) in [5.41, 5.74) is 0.800. The van der Waals surface area contributed by atoms with Crippen LogP contribution in [0.2, 0.25) is 0 Å². The van der Waals surface area contributed by atoms with Gasteiger partial charge in [-0.2, -0.15) is 0 Å². The van der Waals surface area contributed by atoms with Crippen LogP contribution in [0.3, 0.4) is 0 Å². The minimum Gasteiger partial charge on any atom is -0.294 e. The molecule has 1 aliphatic carbocycles. The van der Waals surface area contributed by atoms with Crippen LogP contribution < -0.4 is 0 Å². The van der Waals surface area contributed by atoms with E-state index in [1.54, 1.807) is 0 Å². The third-order valence-corrected chi connectivity index (χ3v) is 3.90. The first-order valence-electron chi connectivity index (χ1n) is 5.98. The molecule has 1 saturated heterocycles. The Morgan fingerprint density at radius 3 is 1.93 bits per heavy atom. The van der Waals surface area contributed by atoms with Crippen LogP contribution in [-0.2, 0) is 0 Å². The van der Waals surface area contributed by atoms with Gasteiger partial charge in [0.15, 0.2) is 0 Å². The number of hydrogen-bond acceptors (Lipinski definition) is 1. The summed E-state index contributed by atoms with van der Waals surface area (Å²) in [4.78, 5) is 2.74. The summed E-state index contributed by atoms with van der Waals surface area (Å²) in [7, 11) is 0. The second-order valence-corrected chi connectivity index (χ2v) is 7.29. The molecule has 2 rings (SSSR count). The molecule has 3 atom stereocenters. The van der Waals surface area contributed by atoms with Gasteiger partial charge in [0.25, 0.3) is 0 Å². The van der Waals surface area contributed by atoms with E-state index >= 15 is 0 Å². The Morgan fingerprint density at radius 2 is 1.57 bits per heavy atom. The van der Waals surface area contributed by atoms with Crippen LogP contribution >= 0.6 is 0 Å². The molecule has 1 aliphatic heterocycles. The monoisotopic (exact) mass is 195 g/mol. The summed E-state index contributed by atoms with van der Waals surface area (Å²) in [5.74, 6) is 2.03. The highest BCUT2D eigenvalue weighted by molar-refractivity contribution is 5.10. The summed E-state index contributed by atoms with van der Waals surface area (Å²) in [6.45, 7) is 15.6. The van der Waals surface area contributed by atoms with Crippen LogP contribution in [0.4, 0.5) is 0 Å². The van der Waals surface area contributed by atoms with E-state index in [1.807, 2.05) is 0 Å². The van der Waals surface area contributed by atoms with Gasteiger partial charge in [-0.3, -0.25) is 4.90 Å². The molecule has 0 radical (unpaired) electrons. The van der Waals surface area contributed by atoms with Crippen LogP contribution in [-0.4, -0.2) is 23.0 Å². The lowest BCUT2D eigenvalue weighted by atomic mass is 9.82. The number of fused-ring (bicyclic) bond motifs is 1. The van der Waals surface area contributed by atoms with Crippen molar-refractivity contribution < 1.29 is 0 Å². The fourth-order valence-corrected chi connectivity index (χ4v) is 3.27. The van der Waals surface area contributed by atoms with E-state index in [0.29, 0.717) is 11.0 Å². The van der Waals surface area contributed by atoms with E-state index in [4.69, 9.17) is 0 Å². The smallest absolute Gasteiger partial charge is 0.0180 e. The lowest BCUT2D eigenvalue weighted by Gasteiger charge is -2.45. The summed E-state index contributed by atoms with van der Waals surface area (Å²) < 4.78 is 0.